The molecular weight excluding hydrogens is 546 g/mol. The molecule has 3 N–H and O–H groups in total. The van der Waals surface area contributed by atoms with Crippen molar-refractivity contribution in [1.29, 1.82) is 0 Å². The number of fused-ring (bicyclic) bond motifs is 1. The predicted molar refractivity (Wildman–Crippen MR) is 153 cm³/mol. The van der Waals surface area contributed by atoms with E-state index in [1.807, 2.05) is 4.90 Å². The number of hydrogen-bond donors (Lipinski definition) is 3. The lowest BCUT2D eigenvalue weighted by Crippen LogP contribution is -2.43. The van der Waals surface area contributed by atoms with E-state index < -0.39 is 12.2 Å². The summed E-state index contributed by atoms with van der Waals surface area (Å²) < 4.78 is 35.0. The van der Waals surface area contributed by atoms with Crippen LogP contribution in [0.1, 0.15) is 63.6 Å². The van der Waals surface area contributed by atoms with Crippen LogP contribution in [-0.2, 0) is 9.53 Å². The number of nitrogens with one attached hydrogen (secondary N) is 2. The number of morpholine rings is 1. The Morgan fingerprint density at radius 2 is 1.62 bits per heavy atom. The van der Waals surface area contributed by atoms with Gasteiger partial charge in [-0.15, -0.1) is 0 Å². The monoisotopic (exact) mass is 584 g/mol. The highest BCUT2D eigenvalue weighted by Gasteiger charge is 2.30. The Morgan fingerprint density at radius 1 is 0.929 bits per heavy atom. The smallest absolute Gasteiger partial charge is 0.296 e. The summed E-state index contributed by atoms with van der Waals surface area (Å²) in [5, 5.41) is 16.0. The molecule has 11 nitrogen and oxygen atoms in total. The van der Waals surface area contributed by atoms with Gasteiger partial charge >= 0.3 is 0 Å². The number of benzene rings is 1. The molecule has 3 fully saturated rings. The highest BCUT2D eigenvalue weighted by Crippen LogP contribution is 2.31. The summed E-state index contributed by atoms with van der Waals surface area (Å²) in [4.78, 5) is 32.9. The first-order valence-electron chi connectivity index (χ1n) is 15.0. The molecule has 3 aliphatic rings. The molecule has 1 amide bonds. The molecule has 226 valence electrons. The summed E-state index contributed by atoms with van der Waals surface area (Å²) in [6.45, 7) is 2.43. The van der Waals surface area contributed by atoms with Crippen LogP contribution in [0.3, 0.4) is 0 Å². The zero-order chi connectivity index (χ0) is 29.1. The number of imidazole rings is 1. The number of carbonyl (C=O) groups is 1. The van der Waals surface area contributed by atoms with Crippen molar-refractivity contribution in [3.63, 3.8) is 0 Å². The molecule has 0 spiro atoms. The Morgan fingerprint density at radius 3 is 2.33 bits per heavy atom. The summed E-state index contributed by atoms with van der Waals surface area (Å²) in [6.07, 6.45) is 3.93. The van der Waals surface area contributed by atoms with Gasteiger partial charge in [-0.2, -0.15) is 15.0 Å². The minimum atomic E-state index is -2.81. The Bertz CT molecular complexity index is 1370. The van der Waals surface area contributed by atoms with Gasteiger partial charge in [0.05, 0.1) is 24.2 Å². The fraction of sp³-hybridized carbons (Fsp3) is 0.621. The fourth-order valence-electron chi connectivity index (χ4n) is 6.32. The van der Waals surface area contributed by atoms with Gasteiger partial charge in [-0.05, 0) is 69.4 Å². The molecule has 13 heteroatoms. The SMILES string of the molecule is O=C(N[C@H]1CC[C@H](Nc2nc(N3CCOCC3)nc(-n3c(C(F)F)nc4ccccc43)n2)CC1)C1CCC(CO)CC1. The van der Waals surface area contributed by atoms with Crippen molar-refractivity contribution >= 4 is 28.8 Å². The van der Waals surface area contributed by atoms with E-state index in [0.717, 1.165) is 51.4 Å². The van der Waals surface area contributed by atoms with Gasteiger partial charge in [0.15, 0.2) is 5.82 Å². The molecule has 3 heterocycles. The minimum absolute atomic E-state index is 0.0308. The third kappa shape index (κ3) is 6.31. The number of hydrogen-bond acceptors (Lipinski definition) is 9. The molecule has 2 saturated carbocycles. The lowest BCUT2D eigenvalue weighted by molar-refractivity contribution is -0.127. The third-order valence-corrected chi connectivity index (χ3v) is 8.77. The number of halogens is 2. The Kier molecular flexibility index (Phi) is 8.75. The van der Waals surface area contributed by atoms with Gasteiger partial charge < -0.3 is 25.4 Å². The second-order valence-corrected chi connectivity index (χ2v) is 11.6. The van der Waals surface area contributed by atoms with Crippen LogP contribution in [-0.4, -0.2) is 80.5 Å². The molecule has 0 radical (unpaired) electrons. The van der Waals surface area contributed by atoms with Crippen LogP contribution >= 0.6 is 0 Å². The minimum Gasteiger partial charge on any atom is -0.396 e. The van der Waals surface area contributed by atoms with Crippen molar-refractivity contribution in [1.82, 2.24) is 29.8 Å². The molecule has 2 aliphatic carbocycles. The van der Waals surface area contributed by atoms with Gasteiger partial charge in [0, 0.05) is 37.7 Å². The van der Waals surface area contributed by atoms with Crippen LogP contribution in [0.15, 0.2) is 24.3 Å². The largest absolute Gasteiger partial charge is 0.396 e. The number of anilines is 2. The van der Waals surface area contributed by atoms with Gasteiger partial charge in [-0.1, -0.05) is 12.1 Å². The molecule has 1 aromatic carbocycles. The average Bonchev–Trinajstić information content (AvgIpc) is 3.43. The van der Waals surface area contributed by atoms with E-state index in [0.29, 0.717) is 55.2 Å². The first kappa shape index (κ1) is 28.7. The molecule has 0 unspecified atom stereocenters. The second-order valence-electron chi connectivity index (χ2n) is 11.6. The van der Waals surface area contributed by atoms with E-state index in [1.165, 1.54) is 4.57 Å². The first-order chi connectivity index (χ1) is 20.5. The zero-order valence-electron chi connectivity index (χ0n) is 23.6. The molecule has 3 aromatic rings. The summed E-state index contributed by atoms with van der Waals surface area (Å²) in [7, 11) is 0. The molecule has 2 aromatic heterocycles. The summed E-state index contributed by atoms with van der Waals surface area (Å²) in [6, 6.07) is 7.15. The Balaban J connectivity index is 1.18. The number of nitrogens with zero attached hydrogens (tertiary/aromatic N) is 6. The van der Waals surface area contributed by atoms with Crippen LogP contribution in [0.2, 0.25) is 0 Å². The number of amides is 1. The summed E-state index contributed by atoms with van der Waals surface area (Å²) in [5.74, 6) is 0.890. The maximum absolute atomic E-state index is 14.1. The highest BCUT2D eigenvalue weighted by atomic mass is 19.3. The number of aliphatic hydroxyl groups excluding tert-OH is 1. The number of alkyl halides is 2. The summed E-state index contributed by atoms with van der Waals surface area (Å²) >= 11 is 0. The first-order valence-corrected chi connectivity index (χ1v) is 15.0. The highest BCUT2D eigenvalue weighted by molar-refractivity contribution is 5.79. The standard InChI is InChI=1S/C29H38F2N8O3/c30-24(31)25-34-22-3-1-2-4-23(22)39(25)29-36-27(35-28(37-29)38-13-15-42-16-14-38)33-21-11-9-20(10-12-21)32-26(41)19-7-5-18(17-40)6-8-19/h1-4,18-21,24,40H,5-17H2,(H,32,41)(H,33,35,36,37)/t18?,19?,20-,21-. The number of rotatable bonds is 8. The van der Waals surface area contributed by atoms with Crippen molar-refractivity contribution in [3.05, 3.63) is 30.1 Å². The van der Waals surface area contributed by atoms with Crippen molar-refractivity contribution in [2.24, 2.45) is 11.8 Å². The van der Waals surface area contributed by atoms with E-state index in [1.54, 1.807) is 24.3 Å². The van der Waals surface area contributed by atoms with Crippen LogP contribution in [0.4, 0.5) is 20.7 Å². The number of ether oxygens (including phenoxy) is 1. The van der Waals surface area contributed by atoms with Crippen LogP contribution < -0.4 is 15.5 Å². The van der Waals surface area contributed by atoms with E-state index in [4.69, 9.17) is 4.74 Å². The van der Waals surface area contributed by atoms with Gasteiger partial charge in [0.25, 0.3) is 6.43 Å². The van der Waals surface area contributed by atoms with E-state index in [-0.39, 0.29) is 36.5 Å². The van der Waals surface area contributed by atoms with Crippen molar-refractivity contribution < 1.29 is 23.4 Å². The van der Waals surface area contributed by atoms with Crippen LogP contribution in [0.25, 0.3) is 17.0 Å². The number of para-hydroxylation sites is 2. The van der Waals surface area contributed by atoms with Crippen molar-refractivity contribution in [2.45, 2.75) is 69.9 Å². The van der Waals surface area contributed by atoms with Crippen molar-refractivity contribution in [2.75, 3.05) is 43.1 Å². The molecule has 42 heavy (non-hydrogen) atoms. The topological polar surface area (TPSA) is 130 Å². The maximum atomic E-state index is 14.1. The Labute approximate surface area is 243 Å². The van der Waals surface area contributed by atoms with Gasteiger partial charge in [-0.3, -0.25) is 9.36 Å². The average molecular weight is 585 g/mol. The van der Waals surface area contributed by atoms with E-state index in [2.05, 4.69) is 30.6 Å². The lowest BCUT2D eigenvalue weighted by atomic mass is 9.81. The van der Waals surface area contributed by atoms with E-state index >= 15 is 0 Å². The van der Waals surface area contributed by atoms with Crippen LogP contribution in [0.5, 0.6) is 0 Å². The van der Waals surface area contributed by atoms with Gasteiger partial charge in [-0.25, -0.2) is 13.8 Å². The quantitative estimate of drug-likeness (QED) is 0.363. The molecule has 0 atom stereocenters. The summed E-state index contributed by atoms with van der Waals surface area (Å²) in [5.41, 5.74) is 0.941. The lowest BCUT2D eigenvalue weighted by Gasteiger charge is -2.32. The second kappa shape index (κ2) is 12.8. The third-order valence-electron chi connectivity index (χ3n) is 8.77. The number of carbonyl (C=O) groups excluding carboxylic acids is 1. The zero-order valence-corrected chi connectivity index (χ0v) is 23.6. The molecule has 6 rings (SSSR count). The number of aliphatic hydroxyl groups is 1. The Hall–Kier alpha value is -3.45. The maximum Gasteiger partial charge on any atom is 0.296 e. The molecular formula is C29H38F2N8O3. The van der Waals surface area contributed by atoms with E-state index in [9.17, 15) is 18.7 Å². The number of aromatic nitrogens is 5. The fourth-order valence-corrected chi connectivity index (χ4v) is 6.32. The van der Waals surface area contributed by atoms with Crippen LogP contribution in [0, 0.1) is 11.8 Å². The molecule has 0 bridgehead atoms. The molecule has 1 saturated heterocycles. The normalized spacial score (nSPS) is 25.1. The van der Waals surface area contributed by atoms with Crippen molar-refractivity contribution in [3.8, 4) is 5.95 Å². The molecule has 1 aliphatic heterocycles. The predicted octanol–water partition coefficient (Wildman–Crippen LogP) is 3.62. The van der Waals surface area contributed by atoms with Gasteiger partial charge in [0.2, 0.25) is 23.8 Å². The van der Waals surface area contributed by atoms with Gasteiger partial charge in [0.1, 0.15) is 0 Å².